The van der Waals surface area contributed by atoms with E-state index in [0.717, 1.165) is 37.9 Å². The maximum absolute atomic E-state index is 12.9. The topological polar surface area (TPSA) is 81.5 Å². The molecule has 2 aromatic rings. The quantitative estimate of drug-likeness (QED) is 0.740. The van der Waals surface area contributed by atoms with Crippen molar-refractivity contribution in [2.24, 2.45) is 0 Å². The van der Waals surface area contributed by atoms with E-state index in [1.54, 1.807) is 23.1 Å². The zero-order chi connectivity index (χ0) is 20.1. The molecule has 0 bridgehead atoms. The molecule has 3 rings (SSSR count). The monoisotopic (exact) mass is 433 g/mol. The molecule has 6 nitrogen and oxygen atoms in total. The van der Waals surface area contributed by atoms with Crippen LogP contribution in [0.4, 0.5) is 0 Å². The van der Waals surface area contributed by atoms with Crippen molar-refractivity contribution in [2.75, 3.05) is 32.4 Å². The summed E-state index contributed by atoms with van der Waals surface area (Å²) in [6.07, 6.45) is 1.98. The second-order valence-corrected chi connectivity index (χ2v) is 9.05. The second kappa shape index (κ2) is 9.88. The van der Waals surface area contributed by atoms with Crippen molar-refractivity contribution in [2.45, 2.75) is 17.9 Å². The van der Waals surface area contributed by atoms with Gasteiger partial charge in [-0.05, 0) is 42.3 Å². The van der Waals surface area contributed by atoms with E-state index in [1.165, 1.54) is 12.1 Å². The van der Waals surface area contributed by atoms with Crippen LogP contribution >= 0.6 is 12.4 Å². The molecular formula is C21H24ClN3O3S. The highest BCUT2D eigenvalue weighted by Gasteiger charge is 2.21. The molecule has 0 saturated carbocycles. The van der Waals surface area contributed by atoms with Gasteiger partial charge >= 0.3 is 0 Å². The predicted molar refractivity (Wildman–Crippen MR) is 114 cm³/mol. The lowest BCUT2D eigenvalue weighted by Crippen LogP contribution is -2.35. The van der Waals surface area contributed by atoms with Gasteiger partial charge < -0.3 is 4.90 Å². The number of hydrogen-bond acceptors (Lipinski definition) is 5. The van der Waals surface area contributed by atoms with E-state index in [0.29, 0.717) is 24.2 Å². The highest BCUT2D eigenvalue weighted by atomic mass is 35.5. The molecule has 154 valence electrons. The minimum Gasteiger partial charge on any atom is -0.337 e. The zero-order valence-electron chi connectivity index (χ0n) is 16.2. The van der Waals surface area contributed by atoms with Crippen LogP contribution in [0.1, 0.15) is 27.9 Å². The van der Waals surface area contributed by atoms with E-state index in [2.05, 4.69) is 11.0 Å². The minimum absolute atomic E-state index is 0. The summed E-state index contributed by atoms with van der Waals surface area (Å²) in [7, 11) is -3.35. The van der Waals surface area contributed by atoms with E-state index < -0.39 is 9.84 Å². The molecule has 0 aliphatic carbocycles. The number of carbonyl (C=O) groups excluding carboxylic acids is 1. The summed E-state index contributed by atoms with van der Waals surface area (Å²) in [5, 5.41) is 9.04. The third-order valence-electron chi connectivity index (χ3n) is 4.85. The number of sulfone groups is 1. The molecule has 1 heterocycles. The van der Waals surface area contributed by atoms with Gasteiger partial charge in [-0.25, -0.2) is 8.42 Å². The molecule has 2 aromatic carbocycles. The van der Waals surface area contributed by atoms with Crippen LogP contribution in [0.25, 0.3) is 0 Å². The van der Waals surface area contributed by atoms with Crippen molar-refractivity contribution in [1.29, 1.82) is 5.26 Å². The maximum Gasteiger partial charge on any atom is 0.253 e. The molecule has 1 aliphatic rings. The lowest BCUT2D eigenvalue weighted by Gasteiger charge is -2.22. The van der Waals surface area contributed by atoms with Crippen molar-refractivity contribution >= 4 is 28.2 Å². The third-order valence-corrected chi connectivity index (χ3v) is 5.96. The molecule has 1 aliphatic heterocycles. The molecule has 1 amide bonds. The molecule has 1 fully saturated rings. The van der Waals surface area contributed by atoms with Gasteiger partial charge in [0.05, 0.1) is 16.5 Å². The fourth-order valence-corrected chi connectivity index (χ4v) is 4.04. The van der Waals surface area contributed by atoms with Crippen LogP contribution in [-0.2, 0) is 16.4 Å². The van der Waals surface area contributed by atoms with Gasteiger partial charge in [0.2, 0.25) is 0 Å². The highest BCUT2D eigenvalue weighted by Crippen LogP contribution is 2.16. The molecule has 0 spiro atoms. The first-order chi connectivity index (χ1) is 13.4. The number of nitriles is 1. The lowest BCUT2D eigenvalue weighted by atomic mass is 10.1. The highest BCUT2D eigenvalue weighted by molar-refractivity contribution is 7.90. The molecule has 0 unspecified atom stereocenters. The smallest absolute Gasteiger partial charge is 0.253 e. The number of nitrogens with zero attached hydrogens (tertiary/aromatic N) is 3. The first-order valence-corrected chi connectivity index (χ1v) is 11.1. The van der Waals surface area contributed by atoms with Crippen molar-refractivity contribution in [3.8, 4) is 6.07 Å². The van der Waals surface area contributed by atoms with Gasteiger partial charge in [-0.15, -0.1) is 12.4 Å². The molecule has 0 radical (unpaired) electrons. The Hall–Kier alpha value is -2.40. The molecule has 0 N–H and O–H groups in total. The van der Waals surface area contributed by atoms with Gasteiger partial charge in [-0.3, -0.25) is 9.69 Å². The Morgan fingerprint density at radius 2 is 1.83 bits per heavy atom. The van der Waals surface area contributed by atoms with E-state index in [9.17, 15) is 13.2 Å². The number of amides is 1. The Labute approximate surface area is 178 Å². The van der Waals surface area contributed by atoms with Gasteiger partial charge in [-0.1, -0.05) is 18.2 Å². The summed E-state index contributed by atoms with van der Waals surface area (Å²) in [6, 6.07) is 16.0. The van der Waals surface area contributed by atoms with E-state index >= 15 is 0 Å². The summed E-state index contributed by atoms with van der Waals surface area (Å²) in [5.74, 6) is -0.140. The van der Waals surface area contributed by atoms with Crippen molar-refractivity contribution in [1.82, 2.24) is 9.80 Å². The average molecular weight is 434 g/mol. The molecule has 29 heavy (non-hydrogen) atoms. The number of hydrogen-bond donors (Lipinski definition) is 0. The second-order valence-electron chi connectivity index (χ2n) is 7.03. The SMILES string of the molecule is CS(=O)(=O)c1cccc(C(=O)N2CCCN(Cc3cccc(C#N)c3)CC2)c1.Cl. The Bertz CT molecular complexity index is 1020. The number of carbonyl (C=O) groups is 1. The van der Waals surface area contributed by atoms with Gasteiger partial charge in [0, 0.05) is 44.5 Å². The summed E-state index contributed by atoms with van der Waals surface area (Å²) in [6.45, 7) is 3.55. The van der Waals surface area contributed by atoms with Crippen LogP contribution in [0, 0.1) is 11.3 Å². The molecule has 0 aromatic heterocycles. The zero-order valence-corrected chi connectivity index (χ0v) is 17.9. The Kier molecular flexibility index (Phi) is 7.80. The van der Waals surface area contributed by atoms with Crippen molar-refractivity contribution in [3.63, 3.8) is 0 Å². The van der Waals surface area contributed by atoms with Crippen molar-refractivity contribution < 1.29 is 13.2 Å². The molecular weight excluding hydrogens is 410 g/mol. The van der Waals surface area contributed by atoms with Gasteiger partial charge in [0.15, 0.2) is 9.84 Å². The first-order valence-electron chi connectivity index (χ1n) is 9.17. The Balaban J connectivity index is 0.00000300. The summed E-state index contributed by atoms with van der Waals surface area (Å²) in [4.78, 5) is 17.1. The predicted octanol–water partition coefficient (Wildman–Crippen LogP) is 2.73. The lowest BCUT2D eigenvalue weighted by molar-refractivity contribution is 0.0761. The van der Waals surface area contributed by atoms with Crippen LogP contribution < -0.4 is 0 Å². The summed E-state index contributed by atoms with van der Waals surface area (Å²) in [5.41, 5.74) is 2.13. The maximum atomic E-state index is 12.9. The molecule has 0 atom stereocenters. The largest absolute Gasteiger partial charge is 0.337 e. The first kappa shape index (κ1) is 22.9. The van der Waals surface area contributed by atoms with Crippen LogP contribution in [0.3, 0.4) is 0 Å². The Morgan fingerprint density at radius 3 is 2.55 bits per heavy atom. The standard InChI is InChI=1S/C21H23N3O3S.ClH/c1-28(26,27)20-8-3-7-19(14-20)21(25)24-10-4-9-23(11-12-24)16-18-6-2-5-17(13-18)15-22;/h2-3,5-8,13-14H,4,9-12,16H2,1H3;1H. The van der Waals surface area contributed by atoms with E-state index in [1.807, 2.05) is 18.2 Å². The number of benzene rings is 2. The van der Waals surface area contributed by atoms with Gasteiger partial charge in [0.25, 0.3) is 5.91 Å². The molecule has 8 heteroatoms. The van der Waals surface area contributed by atoms with Gasteiger partial charge in [0.1, 0.15) is 0 Å². The number of rotatable bonds is 4. The minimum atomic E-state index is -3.35. The fraction of sp³-hybridized carbons (Fsp3) is 0.333. The van der Waals surface area contributed by atoms with Crippen molar-refractivity contribution in [3.05, 3.63) is 65.2 Å². The average Bonchev–Trinajstić information content (AvgIpc) is 2.92. The summed E-state index contributed by atoms with van der Waals surface area (Å²) >= 11 is 0. The number of halogens is 1. The van der Waals surface area contributed by atoms with E-state index in [4.69, 9.17) is 5.26 Å². The van der Waals surface area contributed by atoms with Gasteiger partial charge in [-0.2, -0.15) is 5.26 Å². The van der Waals surface area contributed by atoms with Crippen LogP contribution in [0.5, 0.6) is 0 Å². The fourth-order valence-electron chi connectivity index (χ4n) is 3.37. The summed E-state index contributed by atoms with van der Waals surface area (Å²) < 4.78 is 23.5. The van der Waals surface area contributed by atoms with Crippen LogP contribution in [-0.4, -0.2) is 56.6 Å². The van der Waals surface area contributed by atoms with Crippen LogP contribution in [0.15, 0.2) is 53.4 Å². The van der Waals surface area contributed by atoms with E-state index in [-0.39, 0.29) is 23.2 Å². The Morgan fingerprint density at radius 1 is 1.07 bits per heavy atom. The van der Waals surface area contributed by atoms with Crippen LogP contribution in [0.2, 0.25) is 0 Å². The third kappa shape index (κ3) is 6.04. The normalized spacial score (nSPS) is 15.1. The molecule has 1 saturated heterocycles.